The van der Waals surface area contributed by atoms with E-state index in [2.05, 4.69) is 0 Å². The summed E-state index contributed by atoms with van der Waals surface area (Å²) in [7, 11) is -4.67. The molecule has 0 aliphatic rings. The van der Waals surface area contributed by atoms with E-state index in [1.807, 2.05) is 0 Å². The molecular formula is H2O6PbSZn. The van der Waals surface area contributed by atoms with Gasteiger partial charge in [0.15, 0.2) is 0 Å². The summed E-state index contributed by atoms with van der Waals surface area (Å²) in [4.78, 5) is 0. The summed E-state index contributed by atoms with van der Waals surface area (Å²) in [5, 5.41) is 0. The monoisotopic (exact) mass is 402 g/mol. The molecule has 0 radical (unpaired) electrons. The van der Waals surface area contributed by atoms with Crippen LogP contribution in [0.5, 0.6) is 0 Å². The van der Waals surface area contributed by atoms with Gasteiger partial charge in [0.25, 0.3) is 0 Å². The van der Waals surface area contributed by atoms with E-state index in [9.17, 15) is 0 Å². The second-order valence-corrected chi connectivity index (χ2v) is 2.07. The van der Waals surface area contributed by atoms with Crippen molar-refractivity contribution >= 4 is 34.7 Å². The second-order valence-electron chi connectivity index (χ2n) is 0.531. The van der Waals surface area contributed by atoms with Gasteiger partial charge in [-0.05, 0) is 0 Å². The molecule has 0 heterocycles. The van der Waals surface area contributed by atoms with Crippen molar-refractivity contribution in [1.29, 1.82) is 0 Å². The Kier molecular flexibility index (Phi) is 16.6. The molecule has 0 aliphatic carbocycles. The molecule has 50 valence electrons. The minimum absolute atomic E-state index is 0. The van der Waals surface area contributed by atoms with E-state index < -0.39 is 34.7 Å². The van der Waals surface area contributed by atoms with E-state index >= 15 is 0 Å². The summed E-state index contributed by atoms with van der Waals surface area (Å²) in [6.45, 7) is 0. The van der Waals surface area contributed by atoms with Crippen LogP contribution in [0.4, 0.5) is 0 Å². The van der Waals surface area contributed by atoms with E-state index in [4.69, 9.17) is 22.9 Å². The fraction of sp³-hybridized carbons (Fsp3) is 0. The third-order valence-electron chi connectivity index (χ3n) is 0. The molecule has 0 aromatic rings. The van der Waals surface area contributed by atoms with E-state index in [0.29, 0.717) is 0 Å². The molecule has 0 amide bonds. The zero-order valence-corrected chi connectivity index (χ0v) is 11.8. The molecule has 0 fully saturated rings. The van der Waals surface area contributed by atoms with Gasteiger partial charge in [-0.1, -0.05) is 0 Å². The molecule has 0 unspecified atom stereocenters. The summed E-state index contributed by atoms with van der Waals surface area (Å²) in [6.07, 6.45) is 0. The third-order valence-corrected chi connectivity index (χ3v) is 0. The smallest absolute Gasteiger partial charge is 0 e. The standard InChI is InChI=1S/H2O4S.2O.Pb.Zn/c1-5(2,3)4;;;;/h(H2,1,2,3,4);;;;. The molecule has 0 aromatic carbocycles. The Labute approximate surface area is 76.5 Å². The average molecular weight is 403 g/mol. The van der Waals surface area contributed by atoms with E-state index in [-0.39, 0.29) is 19.5 Å². The SMILES string of the molecule is O=S(=O)(O)O.[O]=[Pb]=[O].[Zn]. The molecule has 0 aliphatic heterocycles. The Morgan fingerprint density at radius 1 is 1.11 bits per heavy atom. The van der Waals surface area contributed by atoms with Gasteiger partial charge in [-0.15, -0.1) is 0 Å². The van der Waals surface area contributed by atoms with Crippen molar-refractivity contribution in [3.8, 4) is 0 Å². The van der Waals surface area contributed by atoms with Crippen LogP contribution in [-0.2, 0) is 35.2 Å². The maximum atomic E-state index is 8.74. The predicted molar refractivity (Wildman–Crippen MR) is 21.3 cm³/mol. The molecule has 9 heavy (non-hydrogen) atoms. The van der Waals surface area contributed by atoms with Gasteiger partial charge in [-0.2, -0.15) is 8.42 Å². The minimum atomic E-state index is -4.67. The molecule has 2 N–H and O–H groups in total. The van der Waals surface area contributed by atoms with Gasteiger partial charge in [0.1, 0.15) is 0 Å². The maximum Gasteiger partial charge on any atom is 0 e. The van der Waals surface area contributed by atoms with Crippen LogP contribution in [0, 0.1) is 0 Å². The van der Waals surface area contributed by atoms with Crippen LogP contribution < -0.4 is 0 Å². The van der Waals surface area contributed by atoms with Gasteiger partial charge in [-0.25, -0.2) is 0 Å². The summed E-state index contributed by atoms with van der Waals surface area (Å²) in [5.41, 5.74) is 0. The van der Waals surface area contributed by atoms with Crippen molar-refractivity contribution in [2.75, 3.05) is 0 Å². The topological polar surface area (TPSA) is 109 Å². The van der Waals surface area contributed by atoms with Gasteiger partial charge in [0, 0.05) is 19.5 Å². The van der Waals surface area contributed by atoms with Gasteiger partial charge in [-0.3, -0.25) is 9.11 Å². The summed E-state index contributed by atoms with van der Waals surface area (Å²) in [6, 6.07) is 0. The van der Waals surface area contributed by atoms with Crippen molar-refractivity contribution in [2.24, 2.45) is 0 Å². The Hall–Kier alpha value is 1.02. The molecule has 6 nitrogen and oxygen atoms in total. The summed E-state index contributed by atoms with van der Waals surface area (Å²) >= 11 is -2.42. The molecule has 0 saturated carbocycles. The number of hydrogen-bond donors (Lipinski definition) is 2. The zero-order valence-electron chi connectivity index (χ0n) is 4.14. The van der Waals surface area contributed by atoms with Crippen molar-refractivity contribution in [3.63, 3.8) is 0 Å². The fourth-order valence-corrected chi connectivity index (χ4v) is 0. The molecule has 0 rings (SSSR count). The van der Waals surface area contributed by atoms with Crippen molar-refractivity contribution in [2.45, 2.75) is 0 Å². The maximum absolute atomic E-state index is 8.74. The second kappa shape index (κ2) is 9.02. The molecular weight excluding hydrogens is 401 g/mol. The first-order chi connectivity index (χ1) is 3.41. The summed E-state index contributed by atoms with van der Waals surface area (Å²) < 4.78 is 48.7. The first kappa shape index (κ1) is 16.5. The number of hydrogen-bond acceptors (Lipinski definition) is 4. The van der Waals surface area contributed by atoms with Crippen LogP contribution in [-0.4, -0.2) is 41.8 Å². The Morgan fingerprint density at radius 2 is 1.11 bits per heavy atom. The third kappa shape index (κ3) is 430. The van der Waals surface area contributed by atoms with Crippen LogP contribution in [0.1, 0.15) is 0 Å². The number of rotatable bonds is 0. The van der Waals surface area contributed by atoms with Gasteiger partial charge in [0.05, 0.1) is 0 Å². The van der Waals surface area contributed by atoms with Crippen molar-refractivity contribution < 1.29 is 42.4 Å². The molecule has 0 bridgehead atoms. The van der Waals surface area contributed by atoms with Crippen LogP contribution in [0.2, 0.25) is 0 Å². The molecule has 9 heteroatoms. The molecule has 0 atom stereocenters. The zero-order chi connectivity index (χ0) is 7.21. The molecule has 0 saturated heterocycles. The Morgan fingerprint density at radius 3 is 1.11 bits per heavy atom. The van der Waals surface area contributed by atoms with E-state index in [1.54, 1.807) is 0 Å². The Balaban J connectivity index is -0.0000000800. The molecule has 0 spiro atoms. The normalized spacial score (nSPS) is 7.33. The van der Waals surface area contributed by atoms with Gasteiger partial charge < -0.3 is 0 Å². The predicted octanol–water partition coefficient (Wildman–Crippen LogP) is -1.27. The largest absolute Gasteiger partial charge is 0 e. The van der Waals surface area contributed by atoms with Crippen molar-refractivity contribution in [1.82, 2.24) is 0 Å². The minimum Gasteiger partial charge on any atom is 0 e. The van der Waals surface area contributed by atoms with Gasteiger partial charge >= 0.3 is 40.0 Å². The first-order valence-corrected chi connectivity index (χ1v) is 5.68. The van der Waals surface area contributed by atoms with Crippen LogP contribution in [0.25, 0.3) is 0 Å². The average Bonchev–Trinajstić information content (AvgIpc) is 1.27. The summed E-state index contributed by atoms with van der Waals surface area (Å²) in [5.74, 6) is 0. The van der Waals surface area contributed by atoms with E-state index in [0.717, 1.165) is 0 Å². The quantitative estimate of drug-likeness (QED) is 0.386. The van der Waals surface area contributed by atoms with E-state index in [1.165, 1.54) is 0 Å². The fourth-order valence-electron chi connectivity index (χ4n) is 0. The van der Waals surface area contributed by atoms with Crippen molar-refractivity contribution in [3.05, 3.63) is 0 Å². The Bertz CT molecular complexity index is 153. The van der Waals surface area contributed by atoms with Crippen LogP contribution in [0.15, 0.2) is 0 Å². The van der Waals surface area contributed by atoms with Crippen LogP contribution >= 0.6 is 0 Å². The molecule has 0 aromatic heterocycles. The van der Waals surface area contributed by atoms with Gasteiger partial charge in [0.2, 0.25) is 0 Å². The van der Waals surface area contributed by atoms with Crippen LogP contribution in [0.3, 0.4) is 0 Å². The first-order valence-electron chi connectivity index (χ1n) is 1.11.